The Morgan fingerprint density at radius 1 is 1.65 bits per heavy atom. The van der Waals surface area contributed by atoms with Gasteiger partial charge in [0.05, 0.1) is 6.54 Å². The molecule has 1 fully saturated rings. The monoisotopic (exact) mass is 252 g/mol. The summed E-state index contributed by atoms with van der Waals surface area (Å²) in [6, 6.07) is 3.91. The van der Waals surface area contributed by atoms with Gasteiger partial charge in [-0.3, -0.25) is 9.59 Å². The van der Waals surface area contributed by atoms with Gasteiger partial charge in [0.1, 0.15) is 0 Å². The number of rotatable bonds is 4. The predicted molar refractivity (Wildman–Crippen MR) is 67.5 cm³/mol. The first-order chi connectivity index (χ1) is 8.15. The zero-order valence-corrected chi connectivity index (χ0v) is 10.6. The van der Waals surface area contributed by atoms with Gasteiger partial charge in [-0.1, -0.05) is 11.8 Å². The summed E-state index contributed by atoms with van der Waals surface area (Å²) >= 11 is 1.31. The minimum absolute atomic E-state index is 0.125. The van der Waals surface area contributed by atoms with E-state index in [9.17, 15) is 9.59 Å². The van der Waals surface area contributed by atoms with E-state index in [0.717, 1.165) is 18.0 Å². The van der Waals surface area contributed by atoms with E-state index in [1.165, 1.54) is 11.8 Å². The average molecular weight is 252 g/mol. The number of nitrogens with one attached hydrogen (secondary N) is 1. The summed E-state index contributed by atoms with van der Waals surface area (Å²) in [6.07, 6.45) is 2.43. The molecule has 0 saturated carbocycles. The maximum Gasteiger partial charge on any atom is 0.223 e. The van der Waals surface area contributed by atoms with E-state index in [0.29, 0.717) is 18.9 Å². The topological polar surface area (TPSA) is 53.2 Å². The highest BCUT2D eigenvalue weighted by atomic mass is 32.2. The molecule has 0 bridgehead atoms. The van der Waals surface area contributed by atoms with Gasteiger partial charge in [-0.05, 0) is 18.1 Å². The zero-order chi connectivity index (χ0) is 12.3. The first-order valence-electron chi connectivity index (χ1n) is 5.68. The van der Waals surface area contributed by atoms with Crippen molar-refractivity contribution in [3.05, 3.63) is 24.0 Å². The number of H-pyrrole nitrogens is 1. The van der Waals surface area contributed by atoms with Crippen LogP contribution in [0.4, 0.5) is 0 Å². The summed E-state index contributed by atoms with van der Waals surface area (Å²) in [7, 11) is 0. The molecular weight excluding hydrogens is 236 g/mol. The van der Waals surface area contributed by atoms with Crippen LogP contribution in [0.3, 0.4) is 0 Å². The molecule has 4 nitrogen and oxygen atoms in total. The van der Waals surface area contributed by atoms with Crippen molar-refractivity contribution in [1.29, 1.82) is 0 Å². The Hall–Kier alpha value is -1.23. The third-order valence-corrected chi connectivity index (χ3v) is 3.89. The Balaban J connectivity index is 1.85. The second-order valence-corrected chi connectivity index (χ2v) is 5.54. The molecule has 2 heterocycles. The zero-order valence-electron chi connectivity index (χ0n) is 9.81. The van der Waals surface area contributed by atoms with Gasteiger partial charge >= 0.3 is 0 Å². The molecule has 1 saturated heterocycles. The van der Waals surface area contributed by atoms with E-state index >= 15 is 0 Å². The standard InChI is InChI=1S/C12H16N2O2S/c1-9(15)17-8-10-5-12(16)14(6-10)7-11-3-2-4-13-11/h2-4,10,13H,5-8H2,1H3. The molecule has 17 heavy (non-hydrogen) atoms. The molecule has 1 aromatic rings. The quantitative estimate of drug-likeness (QED) is 0.886. The fourth-order valence-corrected chi connectivity index (χ4v) is 2.72. The Kier molecular flexibility index (Phi) is 3.89. The average Bonchev–Trinajstić information content (AvgIpc) is 2.87. The Morgan fingerprint density at radius 2 is 2.47 bits per heavy atom. The van der Waals surface area contributed by atoms with E-state index in [4.69, 9.17) is 0 Å². The summed E-state index contributed by atoms with van der Waals surface area (Å²) in [5.41, 5.74) is 1.05. The van der Waals surface area contributed by atoms with E-state index in [-0.39, 0.29) is 11.0 Å². The van der Waals surface area contributed by atoms with Crippen LogP contribution in [-0.4, -0.2) is 33.2 Å². The summed E-state index contributed by atoms with van der Waals surface area (Å²) in [5.74, 6) is 1.25. The highest BCUT2D eigenvalue weighted by Gasteiger charge is 2.29. The number of aromatic nitrogens is 1. The van der Waals surface area contributed by atoms with Crippen LogP contribution in [0.25, 0.3) is 0 Å². The maximum atomic E-state index is 11.8. The molecule has 1 aliphatic rings. The molecule has 0 spiro atoms. The first-order valence-corrected chi connectivity index (χ1v) is 6.67. The molecule has 1 unspecified atom stereocenters. The number of hydrogen-bond donors (Lipinski definition) is 1. The summed E-state index contributed by atoms with van der Waals surface area (Å²) in [6.45, 7) is 2.98. The molecule has 0 aromatic carbocycles. The lowest BCUT2D eigenvalue weighted by molar-refractivity contribution is -0.128. The van der Waals surface area contributed by atoms with Gasteiger partial charge in [0.2, 0.25) is 5.91 Å². The first kappa shape index (κ1) is 12.2. The Bertz CT molecular complexity index is 403. The van der Waals surface area contributed by atoms with Crippen LogP contribution in [0, 0.1) is 5.92 Å². The van der Waals surface area contributed by atoms with Crippen molar-refractivity contribution < 1.29 is 9.59 Å². The van der Waals surface area contributed by atoms with E-state index in [2.05, 4.69) is 4.98 Å². The number of nitrogens with zero attached hydrogens (tertiary/aromatic N) is 1. The molecule has 2 rings (SSSR count). The third kappa shape index (κ3) is 3.36. The number of carbonyl (C=O) groups is 2. The minimum Gasteiger partial charge on any atom is -0.364 e. The minimum atomic E-state index is 0.125. The van der Waals surface area contributed by atoms with Crippen molar-refractivity contribution >= 4 is 22.8 Å². The molecule has 5 heteroatoms. The highest BCUT2D eigenvalue weighted by molar-refractivity contribution is 8.13. The fourth-order valence-electron chi connectivity index (χ4n) is 2.03. The smallest absolute Gasteiger partial charge is 0.223 e. The fraction of sp³-hybridized carbons (Fsp3) is 0.500. The molecule has 1 atom stereocenters. The molecular formula is C12H16N2O2S. The number of aromatic amines is 1. The van der Waals surface area contributed by atoms with Crippen molar-refractivity contribution in [2.45, 2.75) is 19.9 Å². The molecule has 1 aliphatic heterocycles. The van der Waals surface area contributed by atoms with Gasteiger partial charge in [-0.15, -0.1) is 0 Å². The lowest BCUT2D eigenvalue weighted by atomic mass is 10.1. The summed E-state index contributed by atoms with van der Waals surface area (Å²) in [4.78, 5) is 27.6. The van der Waals surface area contributed by atoms with Crippen molar-refractivity contribution in [3.8, 4) is 0 Å². The largest absolute Gasteiger partial charge is 0.364 e. The SMILES string of the molecule is CC(=O)SCC1CC(=O)N(Cc2ccc[nH]2)C1. The number of thioether (sulfide) groups is 1. The van der Waals surface area contributed by atoms with E-state index < -0.39 is 0 Å². The van der Waals surface area contributed by atoms with Gasteiger partial charge in [0.15, 0.2) is 5.12 Å². The van der Waals surface area contributed by atoms with Gasteiger partial charge in [0.25, 0.3) is 0 Å². The van der Waals surface area contributed by atoms with Crippen LogP contribution >= 0.6 is 11.8 Å². The highest BCUT2D eigenvalue weighted by Crippen LogP contribution is 2.23. The number of hydrogen-bond acceptors (Lipinski definition) is 3. The van der Waals surface area contributed by atoms with Crippen LogP contribution in [0.2, 0.25) is 0 Å². The maximum absolute atomic E-state index is 11.8. The third-order valence-electron chi connectivity index (χ3n) is 2.84. The van der Waals surface area contributed by atoms with Gasteiger partial charge in [-0.25, -0.2) is 0 Å². The second-order valence-electron chi connectivity index (χ2n) is 4.34. The van der Waals surface area contributed by atoms with Gasteiger partial charge in [-0.2, -0.15) is 0 Å². The molecule has 92 valence electrons. The predicted octanol–water partition coefficient (Wildman–Crippen LogP) is 1.64. The van der Waals surface area contributed by atoms with Crippen molar-refractivity contribution in [2.24, 2.45) is 5.92 Å². The van der Waals surface area contributed by atoms with E-state index in [1.807, 2.05) is 23.2 Å². The molecule has 0 radical (unpaired) electrons. The molecule has 1 N–H and O–H groups in total. The normalized spacial score (nSPS) is 19.9. The number of carbonyl (C=O) groups excluding carboxylic acids is 2. The lowest BCUT2D eigenvalue weighted by Gasteiger charge is -2.15. The van der Waals surface area contributed by atoms with Crippen LogP contribution in [0.15, 0.2) is 18.3 Å². The van der Waals surface area contributed by atoms with Crippen LogP contribution in [0.1, 0.15) is 19.0 Å². The van der Waals surface area contributed by atoms with Crippen molar-refractivity contribution in [3.63, 3.8) is 0 Å². The van der Waals surface area contributed by atoms with Crippen molar-refractivity contribution in [2.75, 3.05) is 12.3 Å². The Labute approximate surface area is 105 Å². The van der Waals surface area contributed by atoms with Crippen LogP contribution in [-0.2, 0) is 16.1 Å². The van der Waals surface area contributed by atoms with E-state index in [1.54, 1.807) is 6.92 Å². The van der Waals surface area contributed by atoms with Crippen LogP contribution in [0.5, 0.6) is 0 Å². The van der Waals surface area contributed by atoms with Crippen molar-refractivity contribution in [1.82, 2.24) is 9.88 Å². The number of likely N-dealkylation sites (tertiary alicyclic amines) is 1. The summed E-state index contributed by atoms with van der Waals surface area (Å²) < 4.78 is 0. The Morgan fingerprint density at radius 3 is 3.12 bits per heavy atom. The molecule has 1 amide bonds. The number of amides is 1. The van der Waals surface area contributed by atoms with Crippen LogP contribution < -0.4 is 0 Å². The lowest BCUT2D eigenvalue weighted by Crippen LogP contribution is -2.25. The van der Waals surface area contributed by atoms with Gasteiger partial charge in [0, 0.05) is 37.5 Å². The molecule has 1 aromatic heterocycles. The second kappa shape index (κ2) is 5.40. The molecule has 0 aliphatic carbocycles. The van der Waals surface area contributed by atoms with Gasteiger partial charge < -0.3 is 9.88 Å². The summed E-state index contributed by atoms with van der Waals surface area (Å²) in [5, 5.41) is 0.125.